The highest BCUT2D eigenvalue weighted by Gasteiger charge is 2.20. The van der Waals surface area contributed by atoms with Gasteiger partial charge in [-0.2, -0.15) is 0 Å². The molecule has 0 radical (unpaired) electrons. The van der Waals surface area contributed by atoms with Crippen LogP contribution in [0.2, 0.25) is 0 Å². The number of likely N-dealkylation sites (N-methyl/N-ethyl adjacent to an activating group) is 1. The minimum atomic E-state index is 0.640. The zero-order chi connectivity index (χ0) is 13.8. The molecular weight excluding hydrogens is 244 g/mol. The van der Waals surface area contributed by atoms with Crippen molar-refractivity contribution >= 4 is 5.69 Å². The highest BCUT2D eigenvalue weighted by molar-refractivity contribution is 5.54. The molecule has 1 unspecified atom stereocenters. The third-order valence-corrected chi connectivity index (χ3v) is 4.04. The Morgan fingerprint density at radius 3 is 2.65 bits per heavy atom. The van der Waals surface area contributed by atoms with Crippen LogP contribution in [0.1, 0.15) is 23.5 Å². The molecule has 104 valence electrons. The van der Waals surface area contributed by atoms with E-state index in [0.717, 1.165) is 19.6 Å². The number of rotatable bonds is 4. The number of nitrogens with zero attached hydrogens (tertiary/aromatic N) is 1. The lowest BCUT2D eigenvalue weighted by Crippen LogP contribution is -2.28. The minimum absolute atomic E-state index is 0.640. The molecule has 1 aliphatic rings. The SMILES string of the molecule is CN(Cc1ccccc1)CC1CCNc2ccccc21. The fourth-order valence-corrected chi connectivity index (χ4v) is 3.08. The van der Waals surface area contributed by atoms with Crippen LogP contribution in [-0.2, 0) is 6.54 Å². The van der Waals surface area contributed by atoms with Crippen molar-refractivity contribution in [2.75, 3.05) is 25.5 Å². The standard InChI is InChI=1S/C18H22N2/c1-20(13-15-7-3-2-4-8-15)14-16-11-12-19-18-10-6-5-9-17(16)18/h2-10,16,19H,11-14H2,1H3. The van der Waals surface area contributed by atoms with E-state index in [2.05, 4.69) is 71.9 Å². The Morgan fingerprint density at radius 2 is 1.80 bits per heavy atom. The summed E-state index contributed by atoms with van der Waals surface area (Å²) in [6.07, 6.45) is 1.22. The van der Waals surface area contributed by atoms with Crippen molar-refractivity contribution in [1.82, 2.24) is 4.90 Å². The lowest BCUT2D eigenvalue weighted by molar-refractivity contribution is 0.297. The van der Waals surface area contributed by atoms with E-state index in [-0.39, 0.29) is 0 Å². The molecular formula is C18H22N2. The van der Waals surface area contributed by atoms with Crippen LogP contribution >= 0.6 is 0 Å². The molecule has 0 bridgehead atoms. The van der Waals surface area contributed by atoms with Gasteiger partial charge in [0.2, 0.25) is 0 Å². The Kier molecular flexibility index (Phi) is 4.03. The zero-order valence-electron chi connectivity index (χ0n) is 12.0. The van der Waals surface area contributed by atoms with Crippen LogP contribution in [0.3, 0.4) is 0 Å². The maximum Gasteiger partial charge on any atom is 0.0376 e. The molecule has 0 aliphatic carbocycles. The average Bonchev–Trinajstić information content (AvgIpc) is 2.48. The van der Waals surface area contributed by atoms with Gasteiger partial charge in [-0.05, 0) is 30.7 Å². The summed E-state index contributed by atoms with van der Waals surface area (Å²) in [7, 11) is 2.22. The summed E-state index contributed by atoms with van der Waals surface area (Å²) in [5, 5.41) is 3.50. The maximum atomic E-state index is 3.50. The van der Waals surface area contributed by atoms with Crippen molar-refractivity contribution < 1.29 is 0 Å². The second-order valence-corrected chi connectivity index (χ2v) is 5.68. The van der Waals surface area contributed by atoms with Gasteiger partial charge in [0.1, 0.15) is 0 Å². The molecule has 0 fully saturated rings. The monoisotopic (exact) mass is 266 g/mol. The van der Waals surface area contributed by atoms with Gasteiger partial charge in [0.15, 0.2) is 0 Å². The van der Waals surface area contributed by atoms with Crippen molar-refractivity contribution in [3.05, 3.63) is 65.7 Å². The second kappa shape index (κ2) is 6.10. The molecule has 3 rings (SSSR count). The van der Waals surface area contributed by atoms with Crippen molar-refractivity contribution in [3.63, 3.8) is 0 Å². The van der Waals surface area contributed by atoms with E-state index in [1.54, 1.807) is 0 Å². The minimum Gasteiger partial charge on any atom is -0.385 e. The summed E-state index contributed by atoms with van der Waals surface area (Å²) in [6.45, 7) is 3.22. The lowest BCUT2D eigenvalue weighted by atomic mass is 9.90. The summed E-state index contributed by atoms with van der Waals surface area (Å²) >= 11 is 0. The van der Waals surface area contributed by atoms with Gasteiger partial charge in [-0.15, -0.1) is 0 Å². The lowest BCUT2D eigenvalue weighted by Gasteiger charge is -2.30. The van der Waals surface area contributed by atoms with E-state index < -0.39 is 0 Å². The number of hydrogen-bond donors (Lipinski definition) is 1. The molecule has 1 atom stereocenters. The first-order chi connectivity index (χ1) is 9.83. The van der Waals surface area contributed by atoms with Crippen LogP contribution in [0, 0.1) is 0 Å². The Balaban J connectivity index is 1.66. The van der Waals surface area contributed by atoms with Crippen molar-refractivity contribution in [2.45, 2.75) is 18.9 Å². The fourth-order valence-electron chi connectivity index (χ4n) is 3.08. The van der Waals surface area contributed by atoms with Gasteiger partial charge < -0.3 is 10.2 Å². The third-order valence-electron chi connectivity index (χ3n) is 4.04. The van der Waals surface area contributed by atoms with Crippen molar-refractivity contribution in [2.24, 2.45) is 0 Å². The number of anilines is 1. The molecule has 2 heteroatoms. The third kappa shape index (κ3) is 3.02. The van der Waals surface area contributed by atoms with Gasteiger partial charge in [0.25, 0.3) is 0 Å². The van der Waals surface area contributed by atoms with Crippen molar-refractivity contribution in [3.8, 4) is 0 Å². The smallest absolute Gasteiger partial charge is 0.0376 e. The summed E-state index contributed by atoms with van der Waals surface area (Å²) < 4.78 is 0. The van der Waals surface area contributed by atoms with Crippen LogP contribution in [0.4, 0.5) is 5.69 Å². The fraction of sp³-hybridized carbons (Fsp3) is 0.333. The number of fused-ring (bicyclic) bond motifs is 1. The normalized spacial score (nSPS) is 17.6. The van der Waals surface area contributed by atoms with Gasteiger partial charge in [0, 0.05) is 31.2 Å². The Hall–Kier alpha value is -1.80. The molecule has 0 spiro atoms. The number of hydrogen-bond acceptors (Lipinski definition) is 2. The Morgan fingerprint density at radius 1 is 1.05 bits per heavy atom. The van der Waals surface area contributed by atoms with E-state index in [1.165, 1.54) is 23.2 Å². The molecule has 1 aliphatic heterocycles. The summed E-state index contributed by atoms with van der Waals surface area (Å²) in [5.41, 5.74) is 4.17. The maximum absolute atomic E-state index is 3.50. The highest BCUT2D eigenvalue weighted by Crippen LogP contribution is 2.31. The average molecular weight is 266 g/mol. The van der Waals surface area contributed by atoms with Gasteiger partial charge >= 0.3 is 0 Å². The molecule has 0 saturated carbocycles. The molecule has 2 nitrogen and oxygen atoms in total. The summed E-state index contributed by atoms with van der Waals surface area (Å²) in [5.74, 6) is 0.640. The van der Waals surface area contributed by atoms with E-state index in [4.69, 9.17) is 0 Å². The topological polar surface area (TPSA) is 15.3 Å². The zero-order valence-corrected chi connectivity index (χ0v) is 12.0. The Labute approximate surface area is 121 Å². The van der Waals surface area contributed by atoms with Gasteiger partial charge in [-0.25, -0.2) is 0 Å². The predicted octanol–water partition coefficient (Wildman–Crippen LogP) is 3.72. The number of para-hydroxylation sites is 1. The number of nitrogens with one attached hydrogen (secondary N) is 1. The van der Waals surface area contributed by atoms with E-state index in [0.29, 0.717) is 5.92 Å². The van der Waals surface area contributed by atoms with E-state index in [1.807, 2.05) is 0 Å². The second-order valence-electron chi connectivity index (χ2n) is 5.68. The molecule has 1 heterocycles. The van der Waals surface area contributed by atoms with E-state index >= 15 is 0 Å². The molecule has 0 saturated heterocycles. The highest BCUT2D eigenvalue weighted by atomic mass is 15.1. The molecule has 0 amide bonds. The molecule has 2 aromatic carbocycles. The van der Waals surface area contributed by atoms with Gasteiger partial charge in [-0.3, -0.25) is 0 Å². The first-order valence-electron chi connectivity index (χ1n) is 7.38. The first-order valence-corrected chi connectivity index (χ1v) is 7.38. The van der Waals surface area contributed by atoms with Crippen LogP contribution < -0.4 is 5.32 Å². The van der Waals surface area contributed by atoms with E-state index in [9.17, 15) is 0 Å². The summed E-state index contributed by atoms with van der Waals surface area (Å²) in [6, 6.07) is 19.4. The largest absolute Gasteiger partial charge is 0.385 e. The van der Waals surface area contributed by atoms with Crippen LogP contribution in [0.15, 0.2) is 54.6 Å². The molecule has 1 N–H and O–H groups in total. The quantitative estimate of drug-likeness (QED) is 0.907. The molecule has 0 aromatic heterocycles. The van der Waals surface area contributed by atoms with Gasteiger partial charge in [-0.1, -0.05) is 48.5 Å². The number of benzene rings is 2. The van der Waals surface area contributed by atoms with Crippen molar-refractivity contribution in [1.29, 1.82) is 0 Å². The molecule has 2 aromatic rings. The van der Waals surface area contributed by atoms with Crippen LogP contribution in [0.25, 0.3) is 0 Å². The van der Waals surface area contributed by atoms with Crippen LogP contribution in [0.5, 0.6) is 0 Å². The summed E-state index contributed by atoms with van der Waals surface area (Å²) in [4.78, 5) is 2.43. The predicted molar refractivity (Wildman–Crippen MR) is 85.1 cm³/mol. The molecule has 20 heavy (non-hydrogen) atoms. The first kappa shape index (κ1) is 13.2. The Bertz CT molecular complexity index is 550. The van der Waals surface area contributed by atoms with Gasteiger partial charge in [0.05, 0.1) is 0 Å². The van der Waals surface area contributed by atoms with Crippen LogP contribution in [-0.4, -0.2) is 25.0 Å².